The predicted octanol–water partition coefficient (Wildman–Crippen LogP) is 4.64. The summed E-state index contributed by atoms with van der Waals surface area (Å²) in [6.45, 7) is 2.15. The molecule has 2 aromatic rings. The Bertz CT molecular complexity index is 741. The largest absolute Gasteiger partial charge is 0.573 e. The van der Waals surface area contributed by atoms with E-state index < -0.39 is 6.36 Å². The first-order valence-corrected chi connectivity index (χ1v) is 8.82. The van der Waals surface area contributed by atoms with Gasteiger partial charge in [0, 0.05) is 0 Å². The standard InChI is InChI=1S/C20H22F3NO3/c1-25-17-5-2-15(3-6-17)16-4-7-18(27-20(21,22)23)19(12-16)26-13-14-8-10-24-11-9-14/h2-7,12,14,24H,8-11,13H2,1H3. The number of halogens is 3. The van der Waals surface area contributed by atoms with Crippen molar-refractivity contribution in [2.45, 2.75) is 19.2 Å². The molecular formula is C20H22F3NO3. The molecule has 0 amide bonds. The molecule has 2 aromatic carbocycles. The van der Waals surface area contributed by atoms with E-state index in [4.69, 9.17) is 9.47 Å². The molecule has 7 heteroatoms. The number of rotatable bonds is 6. The quantitative estimate of drug-likeness (QED) is 0.791. The first kappa shape index (κ1) is 19.4. The highest BCUT2D eigenvalue weighted by Gasteiger charge is 2.32. The molecule has 4 nitrogen and oxygen atoms in total. The molecule has 0 saturated carbocycles. The third kappa shape index (κ3) is 5.53. The van der Waals surface area contributed by atoms with Crippen molar-refractivity contribution < 1.29 is 27.4 Å². The van der Waals surface area contributed by atoms with E-state index in [0.29, 0.717) is 18.3 Å². The van der Waals surface area contributed by atoms with Gasteiger partial charge in [-0.1, -0.05) is 18.2 Å². The third-order valence-electron chi connectivity index (χ3n) is 4.53. The second kappa shape index (κ2) is 8.52. The lowest BCUT2D eigenvalue weighted by Gasteiger charge is -2.23. The van der Waals surface area contributed by atoms with Gasteiger partial charge in [-0.15, -0.1) is 13.2 Å². The Balaban J connectivity index is 1.82. The van der Waals surface area contributed by atoms with Crippen LogP contribution in [-0.2, 0) is 0 Å². The van der Waals surface area contributed by atoms with Crippen LogP contribution in [0.15, 0.2) is 42.5 Å². The smallest absolute Gasteiger partial charge is 0.497 e. The number of piperidine rings is 1. The van der Waals surface area contributed by atoms with Crippen molar-refractivity contribution in [3.05, 3.63) is 42.5 Å². The molecular weight excluding hydrogens is 359 g/mol. The van der Waals surface area contributed by atoms with Crippen LogP contribution in [0, 0.1) is 5.92 Å². The second-order valence-electron chi connectivity index (χ2n) is 6.44. The summed E-state index contributed by atoms with van der Waals surface area (Å²) in [5.74, 6) is 0.792. The molecule has 0 bridgehead atoms. The highest BCUT2D eigenvalue weighted by molar-refractivity contribution is 5.67. The lowest BCUT2D eigenvalue weighted by atomic mass is 9.99. The summed E-state index contributed by atoms with van der Waals surface area (Å²) >= 11 is 0. The molecule has 1 aliphatic heterocycles. The predicted molar refractivity (Wildman–Crippen MR) is 96.2 cm³/mol. The molecule has 1 heterocycles. The van der Waals surface area contributed by atoms with Gasteiger partial charge < -0.3 is 19.5 Å². The Kier molecular flexibility index (Phi) is 6.11. The normalized spacial score (nSPS) is 15.4. The van der Waals surface area contributed by atoms with Crippen LogP contribution >= 0.6 is 0 Å². The number of alkyl halides is 3. The number of ether oxygens (including phenoxy) is 3. The summed E-state index contributed by atoms with van der Waals surface area (Å²) in [4.78, 5) is 0. The molecule has 1 fully saturated rings. The fraction of sp³-hybridized carbons (Fsp3) is 0.400. The lowest BCUT2D eigenvalue weighted by molar-refractivity contribution is -0.275. The van der Waals surface area contributed by atoms with Gasteiger partial charge in [-0.2, -0.15) is 0 Å². The van der Waals surface area contributed by atoms with Crippen molar-refractivity contribution in [1.82, 2.24) is 5.32 Å². The molecule has 0 spiro atoms. The summed E-state index contributed by atoms with van der Waals surface area (Å²) in [6.07, 6.45) is -2.89. The molecule has 0 atom stereocenters. The highest BCUT2D eigenvalue weighted by Crippen LogP contribution is 2.36. The first-order valence-electron chi connectivity index (χ1n) is 8.82. The molecule has 146 valence electrons. The number of benzene rings is 2. The van der Waals surface area contributed by atoms with Gasteiger partial charge in [-0.05, 0) is 67.2 Å². The van der Waals surface area contributed by atoms with Gasteiger partial charge in [0.05, 0.1) is 13.7 Å². The highest BCUT2D eigenvalue weighted by atomic mass is 19.4. The van der Waals surface area contributed by atoms with Crippen LogP contribution in [-0.4, -0.2) is 33.2 Å². The van der Waals surface area contributed by atoms with Gasteiger partial charge in [0.25, 0.3) is 0 Å². The van der Waals surface area contributed by atoms with Crippen LogP contribution in [0.1, 0.15) is 12.8 Å². The maximum Gasteiger partial charge on any atom is 0.573 e. The molecule has 0 aromatic heterocycles. The average molecular weight is 381 g/mol. The van der Waals surface area contributed by atoms with Gasteiger partial charge in [-0.25, -0.2) is 0 Å². The number of methoxy groups -OCH3 is 1. The Morgan fingerprint density at radius 3 is 2.26 bits per heavy atom. The van der Waals surface area contributed by atoms with E-state index >= 15 is 0 Å². The molecule has 0 aliphatic carbocycles. The van der Waals surface area contributed by atoms with Gasteiger partial charge in [0.2, 0.25) is 0 Å². The zero-order valence-electron chi connectivity index (χ0n) is 15.0. The molecule has 27 heavy (non-hydrogen) atoms. The maximum atomic E-state index is 12.7. The van der Waals surface area contributed by atoms with E-state index in [2.05, 4.69) is 10.1 Å². The van der Waals surface area contributed by atoms with Crippen molar-refractivity contribution >= 4 is 0 Å². The Hall–Kier alpha value is -2.41. The summed E-state index contributed by atoms with van der Waals surface area (Å²) < 4.78 is 53.2. The lowest BCUT2D eigenvalue weighted by Crippen LogP contribution is -2.30. The second-order valence-corrected chi connectivity index (χ2v) is 6.44. The minimum atomic E-state index is -4.77. The topological polar surface area (TPSA) is 39.7 Å². The summed E-state index contributed by atoms with van der Waals surface area (Å²) in [5.41, 5.74) is 1.59. The van der Waals surface area contributed by atoms with Gasteiger partial charge in [-0.3, -0.25) is 0 Å². The molecule has 0 unspecified atom stereocenters. The van der Waals surface area contributed by atoms with Gasteiger partial charge in [0.1, 0.15) is 5.75 Å². The summed E-state index contributed by atoms with van der Waals surface area (Å²) in [6, 6.07) is 11.7. The Morgan fingerprint density at radius 1 is 0.963 bits per heavy atom. The molecule has 1 N–H and O–H groups in total. The third-order valence-corrected chi connectivity index (χ3v) is 4.53. The number of hydrogen-bond acceptors (Lipinski definition) is 4. The van der Waals surface area contributed by atoms with Crippen molar-refractivity contribution in [2.75, 3.05) is 26.8 Å². The Labute approximate surface area is 156 Å². The van der Waals surface area contributed by atoms with Gasteiger partial charge >= 0.3 is 6.36 Å². The first-order chi connectivity index (χ1) is 12.9. The average Bonchev–Trinajstić information content (AvgIpc) is 2.67. The molecule has 3 rings (SSSR count). The SMILES string of the molecule is COc1ccc(-c2ccc(OC(F)(F)F)c(OCC3CCNCC3)c2)cc1. The van der Waals surface area contributed by atoms with E-state index in [1.807, 2.05) is 12.1 Å². The monoisotopic (exact) mass is 381 g/mol. The van der Waals surface area contributed by atoms with Crippen molar-refractivity contribution in [3.63, 3.8) is 0 Å². The number of nitrogens with one attached hydrogen (secondary N) is 1. The van der Waals surface area contributed by atoms with Crippen LogP contribution in [0.25, 0.3) is 11.1 Å². The van der Waals surface area contributed by atoms with E-state index in [1.165, 1.54) is 6.07 Å². The van der Waals surface area contributed by atoms with Gasteiger partial charge in [0.15, 0.2) is 11.5 Å². The van der Waals surface area contributed by atoms with Crippen LogP contribution in [0.3, 0.4) is 0 Å². The van der Waals surface area contributed by atoms with E-state index in [1.54, 1.807) is 31.4 Å². The fourth-order valence-electron chi connectivity index (χ4n) is 3.05. The fourth-order valence-corrected chi connectivity index (χ4v) is 3.05. The molecule has 0 radical (unpaired) electrons. The van der Waals surface area contributed by atoms with Crippen molar-refractivity contribution in [1.29, 1.82) is 0 Å². The number of hydrogen-bond donors (Lipinski definition) is 1. The van der Waals surface area contributed by atoms with Crippen LogP contribution in [0.5, 0.6) is 17.2 Å². The van der Waals surface area contributed by atoms with E-state index in [9.17, 15) is 13.2 Å². The molecule has 1 saturated heterocycles. The zero-order valence-corrected chi connectivity index (χ0v) is 15.0. The molecule has 1 aliphatic rings. The summed E-state index contributed by atoms with van der Waals surface area (Å²) in [7, 11) is 1.57. The van der Waals surface area contributed by atoms with Crippen molar-refractivity contribution in [3.8, 4) is 28.4 Å². The Morgan fingerprint density at radius 2 is 1.63 bits per heavy atom. The minimum absolute atomic E-state index is 0.0965. The van der Waals surface area contributed by atoms with Crippen LogP contribution < -0.4 is 19.5 Å². The zero-order chi connectivity index (χ0) is 19.3. The van der Waals surface area contributed by atoms with Crippen molar-refractivity contribution in [2.24, 2.45) is 5.92 Å². The summed E-state index contributed by atoms with van der Waals surface area (Å²) in [5, 5.41) is 3.26. The maximum absolute atomic E-state index is 12.7. The van der Waals surface area contributed by atoms with E-state index in [-0.39, 0.29) is 11.5 Å². The van der Waals surface area contributed by atoms with Crippen LogP contribution in [0.2, 0.25) is 0 Å². The minimum Gasteiger partial charge on any atom is -0.497 e. The van der Waals surface area contributed by atoms with Crippen LogP contribution in [0.4, 0.5) is 13.2 Å². The van der Waals surface area contributed by atoms with E-state index in [0.717, 1.165) is 37.1 Å².